The molecule has 1 aliphatic carbocycles. The van der Waals surface area contributed by atoms with E-state index in [-0.39, 0.29) is 10.8 Å². The number of hydrogen-bond donors (Lipinski definition) is 2. The molecule has 1 rings (SSSR count). The maximum atomic E-state index is 12.0. The molecule has 0 aromatic carbocycles. The largest absolute Gasteiger partial charge is 0.591 e. The minimum atomic E-state index is -1.21. The van der Waals surface area contributed by atoms with Crippen LogP contribution in [0.2, 0.25) is 0 Å². The van der Waals surface area contributed by atoms with Crippen LogP contribution in [0.1, 0.15) is 53.4 Å². The van der Waals surface area contributed by atoms with Gasteiger partial charge in [-0.1, -0.05) is 4.40 Å². The Bertz CT molecular complexity index is 344. The van der Waals surface area contributed by atoms with Crippen molar-refractivity contribution in [3.63, 3.8) is 0 Å². The van der Waals surface area contributed by atoms with Gasteiger partial charge < -0.3 is 15.0 Å². The molecule has 19 heavy (non-hydrogen) atoms. The zero-order valence-corrected chi connectivity index (χ0v) is 12.9. The van der Waals surface area contributed by atoms with Crippen LogP contribution in [-0.2, 0) is 11.4 Å². The number of carbonyl (C=O) groups is 1. The summed E-state index contributed by atoms with van der Waals surface area (Å²) in [6, 6.07) is 0.0506. The molecular formula is C13H24N2O3S. The Morgan fingerprint density at radius 3 is 2.26 bits per heavy atom. The first kappa shape index (κ1) is 16.3. The van der Waals surface area contributed by atoms with Crippen molar-refractivity contribution < 1.29 is 14.5 Å². The van der Waals surface area contributed by atoms with Crippen LogP contribution in [-0.4, -0.2) is 32.3 Å². The Balaban J connectivity index is 2.51. The van der Waals surface area contributed by atoms with E-state index < -0.39 is 17.5 Å². The summed E-state index contributed by atoms with van der Waals surface area (Å²) in [5.41, 5.74) is 0.932. The maximum Gasteiger partial charge on any atom is 0.404 e. The summed E-state index contributed by atoms with van der Waals surface area (Å²) in [4.78, 5) is 10.6. The van der Waals surface area contributed by atoms with E-state index in [1.165, 1.54) is 0 Å². The molecule has 0 bridgehead atoms. The van der Waals surface area contributed by atoms with Gasteiger partial charge in [0.1, 0.15) is 16.1 Å². The highest BCUT2D eigenvalue weighted by Crippen LogP contribution is 2.27. The van der Waals surface area contributed by atoms with E-state index in [1.54, 1.807) is 0 Å². The summed E-state index contributed by atoms with van der Waals surface area (Å²) in [7, 11) is 0. The minimum Gasteiger partial charge on any atom is -0.591 e. The van der Waals surface area contributed by atoms with Crippen LogP contribution < -0.4 is 5.32 Å². The average molecular weight is 288 g/mol. The maximum absolute atomic E-state index is 12.0. The van der Waals surface area contributed by atoms with Crippen LogP contribution in [0, 0.1) is 5.92 Å². The zero-order chi connectivity index (χ0) is 14.6. The third-order valence-electron chi connectivity index (χ3n) is 3.40. The zero-order valence-electron chi connectivity index (χ0n) is 12.1. The van der Waals surface area contributed by atoms with E-state index in [0.29, 0.717) is 5.92 Å². The van der Waals surface area contributed by atoms with Crippen LogP contribution in [0.4, 0.5) is 4.79 Å². The second-order valence-corrected chi connectivity index (χ2v) is 8.00. The number of nitrogens with zero attached hydrogens (tertiary/aromatic N) is 1. The highest BCUT2D eigenvalue weighted by molar-refractivity contribution is 7.91. The molecule has 0 spiro atoms. The molecule has 1 amide bonds. The molecule has 6 heteroatoms. The molecule has 0 saturated heterocycles. The van der Waals surface area contributed by atoms with Gasteiger partial charge in [0.15, 0.2) is 0 Å². The van der Waals surface area contributed by atoms with Gasteiger partial charge in [-0.2, -0.15) is 0 Å². The van der Waals surface area contributed by atoms with Crippen molar-refractivity contribution in [3.8, 4) is 0 Å². The van der Waals surface area contributed by atoms with Crippen molar-refractivity contribution in [1.82, 2.24) is 5.32 Å². The van der Waals surface area contributed by atoms with E-state index >= 15 is 0 Å². The molecule has 0 aromatic rings. The van der Waals surface area contributed by atoms with Gasteiger partial charge in [-0.25, -0.2) is 4.79 Å². The lowest BCUT2D eigenvalue weighted by molar-refractivity contribution is 0.184. The van der Waals surface area contributed by atoms with Gasteiger partial charge in [0.25, 0.3) is 0 Å². The van der Waals surface area contributed by atoms with Crippen LogP contribution in [0.25, 0.3) is 0 Å². The summed E-state index contributed by atoms with van der Waals surface area (Å²) < 4.78 is 15.9. The van der Waals surface area contributed by atoms with E-state index in [4.69, 9.17) is 5.11 Å². The Kier molecular flexibility index (Phi) is 5.67. The molecule has 1 fully saturated rings. The van der Waals surface area contributed by atoms with Gasteiger partial charge in [-0.05, 0) is 53.4 Å². The first-order valence-corrected chi connectivity index (χ1v) is 7.77. The van der Waals surface area contributed by atoms with E-state index in [9.17, 15) is 9.35 Å². The summed E-state index contributed by atoms with van der Waals surface area (Å²) >= 11 is -1.21. The monoisotopic (exact) mass is 288 g/mol. The van der Waals surface area contributed by atoms with E-state index in [1.807, 2.05) is 27.7 Å². The Morgan fingerprint density at radius 1 is 1.32 bits per heavy atom. The lowest BCUT2D eigenvalue weighted by atomic mass is 9.84. The first-order valence-electron chi connectivity index (χ1n) is 6.67. The van der Waals surface area contributed by atoms with Crippen LogP contribution in [0.15, 0.2) is 4.40 Å². The second kappa shape index (κ2) is 6.61. The van der Waals surface area contributed by atoms with Crippen LogP contribution in [0.3, 0.4) is 0 Å². The smallest absolute Gasteiger partial charge is 0.404 e. The van der Waals surface area contributed by atoms with Crippen molar-refractivity contribution >= 4 is 23.2 Å². The standard InChI is InChI=1S/C13H24N2O3S/c1-9(15-19(18)13(2,3)4)10-5-7-11(8-6-10)14-12(16)17/h10-11,14H,5-8H2,1-4H3,(H,16,17)/b15-9+/t10-,11-,19-/m0/s1. The van der Waals surface area contributed by atoms with Crippen molar-refractivity contribution in [2.24, 2.45) is 10.3 Å². The van der Waals surface area contributed by atoms with Crippen molar-refractivity contribution in [2.45, 2.75) is 64.2 Å². The predicted octanol–water partition coefficient (Wildman–Crippen LogP) is 2.74. The van der Waals surface area contributed by atoms with Crippen molar-refractivity contribution in [1.29, 1.82) is 0 Å². The quantitative estimate of drug-likeness (QED) is 0.618. The molecule has 0 aromatic heterocycles. The van der Waals surface area contributed by atoms with Gasteiger partial charge in [0, 0.05) is 12.0 Å². The van der Waals surface area contributed by atoms with Gasteiger partial charge >= 0.3 is 6.09 Å². The fraction of sp³-hybridized carbons (Fsp3) is 0.846. The summed E-state index contributed by atoms with van der Waals surface area (Å²) in [6.07, 6.45) is 2.50. The molecule has 0 aliphatic heterocycles. The fourth-order valence-corrected chi connectivity index (χ4v) is 2.86. The molecule has 2 N–H and O–H groups in total. The second-order valence-electron chi connectivity index (χ2n) is 6.09. The number of nitrogens with one attached hydrogen (secondary N) is 1. The molecule has 110 valence electrons. The Labute approximate surface area is 118 Å². The van der Waals surface area contributed by atoms with Gasteiger partial charge in [0.2, 0.25) is 0 Å². The normalized spacial score (nSPS) is 26.9. The van der Waals surface area contributed by atoms with E-state index in [0.717, 1.165) is 31.4 Å². The molecular weight excluding hydrogens is 264 g/mol. The molecule has 0 unspecified atom stereocenters. The van der Waals surface area contributed by atoms with Gasteiger partial charge in [-0.3, -0.25) is 0 Å². The summed E-state index contributed by atoms with van der Waals surface area (Å²) in [6.45, 7) is 7.66. The molecule has 0 heterocycles. The Hall–Kier alpha value is -0.750. The first-order chi connectivity index (χ1) is 8.70. The fourth-order valence-electron chi connectivity index (χ4n) is 2.17. The molecule has 5 nitrogen and oxygen atoms in total. The highest BCUT2D eigenvalue weighted by Gasteiger charge is 2.29. The summed E-state index contributed by atoms with van der Waals surface area (Å²) in [5, 5.41) is 11.2. The third-order valence-corrected chi connectivity index (χ3v) is 4.90. The van der Waals surface area contributed by atoms with E-state index in [2.05, 4.69) is 9.71 Å². The predicted molar refractivity (Wildman–Crippen MR) is 77.9 cm³/mol. The lowest BCUT2D eigenvalue weighted by Crippen LogP contribution is -2.37. The molecule has 1 atom stereocenters. The number of carboxylic acid groups (broad SMARTS) is 1. The lowest BCUT2D eigenvalue weighted by Gasteiger charge is -2.28. The van der Waals surface area contributed by atoms with Gasteiger partial charge in [-0.15, -0.1) is 0 Å². The summed E-state index contributed by atoms with van der Waals surface area (Å²) in [5.74, 6) is 0.332. The molecule has 0 radical (unpaired) electrons. The molecule has 1 aliphatic rings. The van der Waals surface area contributed by atoms with Gasteiger partial charge in [0.05, 0.1) is 5.71 Å². The number of amides is 1. The molecule has 1 saturated carbocycles. The SMILES string of the molecule is C/C(=N\[S@@+]([O-])C(C)(C)C)[C@H]1CC[C@H](NC(=O)O)CC1. The van der Waals surface area contributed by atoms with Crippen molar-refractivity contribution in [3.05, 3.63) is 0 Å². The van der Waals surface area contributed by atoms with Crippen LogP contribution in [0.5, 0.6) is 0 Å². The Morgan fingerprint density at radius 2 is 1.84 bits per heavy atom. The third kappa shape index (κ3) is 5.40. The number of hydrogen-bond acceptors (Lipinski definition) is 3. The average Bonchev–Trinajstić information content (AvgIpc) is 2.27. The number of rotatable bonds is 3. The van der Waals surface area contributed by atoms with Crippen molar-refractivity contribution in [2.75, 3.05) is 0 Å². The highest BCUT2D eigenvalue weighted by atomic mass is 32.2. The topological polar surface area (TPSA) is 84.8 Å². The van der Waals surface area contributed by atoms with Crippen LogP contribution >= 0.6 is 0 Å². The minimum absolute atomic E-state index is 0.0506.